The first-order chi connectivity index (χ1) is 8.67. The van der Waals surface area contributed by atoms with Gasteiger partial charge in [0, 0.05) is 6.61 Å². The molecule has 0 aliphatic rings. The Labute approximate surface area is 111 Å². The molecular formula is C12H22F3NO3. The molecule has 0 aromatic rings. The largest absolute Gasteiger partial charge is 0.465 e. The molecule has 0 aliphatic carbocycles. The van der Waals surface area contributed by atoms with Gasteiger partial charge in [-0.15, -0.1) is 0 Å². The summed E-state index contributed by atoms with van der Waals surface area (Å²) in [5, 5.41) is 2.83. The smallest absolute Gasteiger partial charge is 0.414 e. The number of alkyl halides is 3. The summed E-state index contributed by atoms with van der Waals surface area (Å²) in [5.74, 6) is -0.415. The van der Waals surface area contributed by atoms with E-state index in [0.29, 0.717) is 12.8 Å². The molecule has 2 unspecified atom stereocenters. The molecule has 0 rings (SSSR count). The fourth-order valence-electron chi connectivity index (χ4n) is 1.40. The third-order valence-electron chi connectivity index (χ3n) is 2.93. The Kier molecular flexibility index (Phi) is 7.36. The predicted octanol–water partition coefficient (Wildman–Crippen LogP) is 2.28. The molecule has 0 aromatic carbocycles. The molecule has 0 heterocycles. The second kappa shape index (κ2) is 7.69. The second-order valence-corrected chi connectivity index (χ2v) is 4.46. The lowest BCUT2D eigenvalue weighted by molar-refractivity contribution is -0.214. The van der Waals surface area contributed by atoms with Crippen LogP contribution in [0.4, 0.5) is 13.2 Å². The third-order valence-corrected chi connectivity index (χ3v) is 2.93. The maximum Gasteiger partial charge on any atom is 0.414 e. The maximum atomic E-state index is 12.2. The summed E-state index contributed by atoms with van der Waals surface area (Å²) in [6.45, 7) is 4.51. The number of ether oxygens (including phenoxy) is 2. The SMILES string of the molecule is CCOC(=O)C(C)(CCCOC(C)C(F)(F)F)NC. The van der Waals surface area contributed by atoms with Gasteiger partial charge in [-0.25, -0.2) is 0 Å². The van der Waals surface area contributed by atoms with E-state index >= 15 is 0 Å². The molecule has 7 heteroatoms. The van der Waals surface area contributed by atoms with Gasteiger partial charge in [0.15, 0.2) is 6.10 Å². The molecule has 19 heavy (non-hydrogen) atoms. The monoisotopic (exact) mass is 285 g/mol. The van der Waals surface area contributed by atoms with Crippen LogP contribution in [-0.2, 0) is 14.3 Å². The Morgan fingerprint density at radius 3 is 2.37 bits per heavy atom. The zero-order valence-electron chi connectivity index (χ0n) is 11.8. The van der Waals surface area contributed by atoms with Crippen LogP contribution in [0, 0.1) is 0 Å². The van der Waals surface area contributed by atoms with E-state index in [2.05, 4.69) is 10.1 Å². The average Bonchev–Trinajstić information content (AvgIpc) is 2.33. The van der Waals surface area contributed by atoms with Gasteiger partial charge in [-0.05, 0) is 40.7 Å². The minimum atomic E-state index is -4.35. The minimum absolute atomic E-state index is 0.0582. The van der Waals surface area contributed by atoms with E-state index in [-0.39, 0.29) is 13.2 Å². The number of hydrogen-bond acceptors (Lipinski definition) is 4. The second-order valence-electron chi connectivity index (χ2n) is 4.46. The standard InChI is InChI=1S/C12H22F3NO3/c1-5-18-10(17)11(3,16-4)7-6-8-19-9(2)12(13,14)15/h9,16H,5-8H2,1-4H3. The van der Waals surface area contributed by atoms with Crippen LogP contribution in [0.25, 0.3) is 0 Å². The Morgan fingerprint density at radius 1 is 1.37 bits per heavy atom. The van der Waals surface area contributed by atoms with Gasteiger partial charge in [0.05, 0.1) is 6.61 Å². The van der Waals surface area contributed by atoms with Crippen molar-refractivity contribution in [2.24, 2.45) is 0 Å². The van der Waals surface area contributed by atoms with E-state index in [0.717, 1.165) is 6.92 Å². The molecule has 0 spiro atoms. The van der Waals surface area contributed by atoms with Crippen molar-refractivity contribution in [2.45, 2.75) is 51.4 Å². The highest BCUT2D eigenvalue weighted by Gasteiger charge is 2.37. The van der Waals surface area contributed by atoms with Crippen molar-refractivity contribution in [1.29, 1.82) is 0 Å². The van der Waals surface area contributed by atoms with Crippen LogP contribution in [0.2, 0.25) is 0 Å². The predicted molar refractivity (Wildman–Crippen MR) is 64.8 cm³/mol. The maximum absolute atomic E-state index is 12.2. The van der Waals surface area contributed by atoms with E-state index in [9.17, 15) is 18.0 Å². The normalized spacial score (nSPS) is 16.8. The fraction of sp³-hybridized carbons (Fsp3) is 0.917. The lowest BCUT2D eigenvalue weighted by atomic mass is 9.96. The van der Waals surface area contributed by atoms with Crippen LogP contribution in [-0.4, -0.2) is 44.0 Å². The number of carbonyl (C=O) groups excluding carboxylic acids is 1. The highest BCUT2D eigenvalue weighted by Crippen LogP contribution is 2.23. The van der Waals surface area contributed by atoms with Gasteiger partial charge in [-0.2, -0.15) is 13.2 Å². The number of carbonyl (C=O) groups is 1. The van der Waals surface area contributed by atoms with Crippen LogP contribution >= 0.6 is 0 Å². The molecule has 114 valence electrons. The fourth-order valence-corrected chi connectivity index (χ4v) is 1.40. The number of hydrogen-bond donors (Lipinski definition) is 1. The number of halogens is 3. The van der Waals surface area contributed by atoms with Gasteiger partial charge in [0.2, 0.25) is 0 Å². The average molecular weight is 285 g/mol. The highest BCUT2D eigenvalue weighted by molar-refractivity contribution is 5.80. The zero-order valence-corrected chi connectivity index (χ0v) is 11.8. The van der Waals surface area contributed by atoms with Gasteiger partial charge in [0.1, 0.15) is 5.54 Å². The van der Waals surface area contributed by atoms with Crippen LogP contribution in [0.5, 0.6) is 0 Å². The van der Waals surface area contributed by atoms with Crippen LogP contribution < -0.4 is 5.32 Å². The van der Waals surface area contributed by atoms with Crippen LogP contribution in [0.3, 0.4) is 0 Å². The summed E-state index contributed by atoms with van der Waals surface area (Å²) in [6, 6.07) is 0. The molecular weight excluding hydrogens is 263 g/mol. The Balaban J connectivity index is 4.13. The minimum Gasteiger partial charge on any atom is -0.465 e. The van der Waals surface area contributed by atoms with Gasteiger partial charge in [-0.1, -0.05) is 0 Å². The molecule has 0 fully saturated rings. The summed E-state index contributed by atoms with van der Waals surface area (Å²) in [5.41, 5.74) is -0.902. The molecule has 0 radical (unpaired) electrons. The Bertz CT molecular complexity index is 284. The zero-order chi connectivity index (χ0) is 15.1. The summed E-state index contributed by atoms with van der Waals surface area (Å²) >= 11 is 0. The molecule has 1 N–H and O–H groups in total. The van der Waals surface area contributed by atoms with E-state index < -0.39 is 23.8 Å². The van der Waals surface area contributed by atoms with Crippen molar-refractivity contribution < 1.29 is 27.4 Å². The molecule has 0 bridgehead atoms. The summed E-state index contributed by atoms with van der Waals surface area (Å²) in [4.78, 5) is 11.7. The van der Waals surface area contributed by atoms with Gasteiger partial charge < -0.3 is 14.8 Å². The van der Waals surface area contributed by atoms with E-state index in [1.54, 1.807) is 20.9 Å². The molecule has 0 aromatic heterocycles. The lowest BCUT2D eigenvalue weighted by Gasteiger charge is -2.27. The van der Waals surface area contributed by atoms with Crippen molar-refractivity contribution in [3.63, 3.8) is 0 Å². The number of rotatable bonds is 8. The number of likely N-dealkylation sites (N-methyl/N-ethyl adjacent to an activating group) is 1. The van der Waals surface area contributed by atoms with Crippen molar-refractivity contribution in [2.75, 3.05) is 20.3 Å². The van der Waals surface area contributed by atoms with Crippen LogP contribution in [0.15, 0.2) is 0 Å². The van der Waals surface area contributed by atoms with E-state index in [1.165, 1.54) is 0 Å². The molecule has 0 aliphatic heterocycles. The first-order valence-corrected chi connectivity index (χ1v) is 6.21. The third kappa shape index (κ3) is 6.24. The van der Waals surface area contributed by atoms with Crippen molar-refractivity contribution in [1.82, 2.24) is 5.32 Å². The number of nitrogens with one attached hydrogen (secondary N) is 1. The molecule has 4 nitrogen and oxygen atoms in total. The molecule has 0 amide bonds. The van der Waals surface area contributed by atoms with Gasteiger partial charge >= 0.3 is 12.1 Å². The van der Waals surface area contributed by atoms with Crippen molar-refractivity contribution >= 4 is 5.97 Å². The number of esters is 1. The molecule has 2 atom stereocenters. The van der Waals surface area contributed by atoms with Crippen molar-refractivity contribution in [3.8, 4) is 0 Å². The summed E-state index contributed by atoms with van der Waals surface area (Å²) in [6.07, 6.45) is -5.48. The lowest BCUT2D eigenvalue weighted by Crippen LogP contribution is -2.48. The van der Waals surface area contributed by atoms with Crippen molar-refractivity contribution in [3.05, 3.63) is 0 Å². The first-order valence-electron chi connectivity index (χ1n) is 6.21. The van der Waals surface area contributed by atoms with Gasteiger partial charge in [-0.3, -0.25) is 4.79 Å². The molecule has 0 saturated heterocycles. The Morgan fingerprint density at radius 2 is 1.95 bits per heavy atom. The van der Waals surface area contributed by atoms with Crippen LogP contribution in [0.1, 0.15) is 33.6 Å². The first kappa shape index (κ1) is 18.2. The van der Waals surface area contributed by atoms with E-state index in [4.69, 9.17) is 4.74 Å². The van der Waals surface area contributed by atoms with E-state index in [1.807, 2.05) is 0 Å². The highest BCUT2D eigenvalue weighted by atomic mass is 19.4. The Hall–Kier alpha value is -0.820. The summed E-state index contributed by atoms with van der Waals surface area (Å²) < 4.78 is 46.2. The topological polar surface area (TPSA) is 47.6 Å². The summed E-state index contributed by atoms with van der Waals surface area (Å²) in [7, 11) is 1.61. The molecule has 0 saturated carbocycles. The quantitative estimate of drug-likeness (QED) is 0.549. The van der Waals surface area contributed by atoms with Gasteiger partial charge in [0.25, 0.3) is 0 Å².